The molecule has 2 unspecified atom stereocenters. The van der Waals surface area contributed by atoms with Crippen molar-refractivity contribution in [2.45, 2.75) is 64.5 Å². The summed E-state index contributed by atoms with van der Waals surface area (Å²) < 4.78 is 0. The summed E-state index contributed by atoms with van der Waals surface area (Å²) in [5.74, 6) is 1.03. The van der Waals surface area contributed by atoms with E-state index in [0.29, 0.717) is 23.9 Å². The fourth-order valence-corrected chi connectivity index (χ4v) is 3.57. The molecule has 20 heavy (non-hydrogen) atoms. The second-order valence-electron chi connectivity index (χ2n) is 6.84. The Morgan fingerprint density at radius 2 is 1.90 bits per heavy atom. The molecule has 0 aromatic heterocycles. The lowest BCUT2D eigenvalue weighted by Crippen LogP contribution is -2.50. The number of carbonyl (C=O) groups is 1. The van der Waals surface area contributed by atoms with E-state index in [4.69, 9.17) is 5.73 Å². The summed E-state index contributed by atoms with van der Waals surface area (Å²) in [5, 5.41) is 0. The van der Waals surface area contributed by atoms with Gasteiger partial charge in [-0.2, -0.15) is 0 Å². The summed E-state index contributed by atoms with van der Waals surface area (Å²) in [6, 6.07) is 0.967. The molecule has 1 saturated carbocycles. The third-order valence-corrected chi connectivity index (χ3v) is 4.99. The van der Waals surface area contributed by atoms with Gasteiger partial charge in [0.25, 0.3) is 0 Å². The lowest BCUT2D eigenvalue weighted by atomic mass is 9.83. The van der Waals surface area contributed by atoms with Gasteiger partial charge in [0.05, 0.1) is 0 Å². The molecular weight excluding hydrogens is 250 g/mol. The van der Waals surface area contributed by atoms with Gasteiger partial charge in [0.2, 0.25) is 5.91 Å². The van der Waals surface area contributed by atoms with Crippen LogP contribution in [0.15, 0.2) is 0 Å². The molecule has 0 aromatic carbocycles. The van der Waals surface area contributed by atoms with Gasteiger partial charge >= 0.3 is 0 Å². The summed E-state index contributed by atoms with van der Waals surface area (Å²) in [6.07, 6.45) is 6.56. The average Bonchev–Trinajstić information content (AvgIpc) is 2.45. The summed E-state index contributed by atoms with van der Waals surface area (Å²) in [4.78, 5) is 16.8. The summed E-state index contributed by atoms with van der Waals surface area (Å²) in [5.41, 5.74) is 6.02. The molecule has 0 bridgehead atoms. The lowest BCUT2D eigenvalue weighted by molar-refractivity contribution is -0.133. The standard InChI is InChI=1S/C16H31N3O/c1-13(2)18-8-10-19(11-9-18)16(20)7-6-14-4-3-5-15(17)12-14/h13-15H,3-12,17H2,1-2H3. The van der Waals surface area contributed by atoms with Gasteiger partial charge in [-0.05, 0) is 39.0 Å². The van der Waals surface area contributed by atoms with Gasteiger partial charge in [-0.25, -0.2) is 0 Å². The summed E-state index contributed by atoms with van der Waals surface area (Å²) in [7, 11) is 0. The van der Waals surface area contributed by atoms with Crippen LogP contribution in [0.4, 0.5) is 0 Å². The van der Waals surface area contributed by atoms with Gasteiger partial charge in [0.1, 0.15) is 0 Å². The van der Waals surface area contributed by atoms with Gasteiger partial charge in [0.15, 0.2) is 0 Å². The smallest absolute Gasteiger partial charge is 0.222 e. The highest BCUT2D eigenvalue weighted by molar-refractivity contribution is 5.76. The average molecular weight is 281 g/mol. The number of nitrogens with two attached hydrogens (primary N) is 1. The molecule has 0 spiro atoms. The zero-order chi connectivity index (χ0) is 14.5. The van der Waals surface area contributed by atoms with Crippen LogP contribution in [0.2, 0.25) is 0 Å². The van der Waals surface area contributed by atoms with Crippen molar-refractivity contribution >= 4 is 5.91 Å². The van der Waals surface area contributed by atoms with Gasteiger partial charge in [-0.3, -0.25) is 9.69 Å². The van der Waals surface area contributed by atoms with Crippen LogP contribution in [-0.4, -0.2) is 54.0 Å². The Balaban J connectivity index is 1.68. The van der Waals surface area contributed by atoms with Crippen molar-refractivity contribution in [2.24, 2.45) is 11.7 Å². The number of carbonyl (C=O) groups excluding carboxylic acids is 1. The molecule has 0 aromatic rings. The van der Waals surface area contributed by atoms with Crippen LogP contribution in [0.3, 0.4) is 0 Å². The molecule has 1 saturated heterocycles. The van der Waals surface area contributed by atoms with Crippen LogP contribution in [0.5, 0.6) is 0 Å². The van der Waals surface area contributed by atoms with Gasteiger partial charge < -0.3 is 10.6 Å². The van der Waals surface area contributed by atoms with Crippen LogP contribution in [0, 0.1) is 5.92 Å². The van der Waals surface area contributed by atoms with Crippen molar-refractivity contribution in [1.29, 1.82) is 0 Å². The van der Waals surface area contributed by atoms with Crippen LogP contribution in [0.25, 0.3) is 0 Å². The highest BCUT2D eigenvalue weighted by atomic mass is 16.2. The second kappa shape index (κ2) is 7.41. The molecule has 2 atom stereocenters. The Bertz CT molecular complexity index is 311. The van der Waals surface area contributed by atoms with Crippen LogP contribution >= 0.6 is 0 Å². The molecule has 2 N–H and O–H groups in total. The third-order valence-electron chi connectivity index (χ3n) is 4.99. The van der Waals surface area contributed by atoms with Crippen LogP contribution in [0.1, 0.15) is 52.4 Å². The van der Waals surface area contributed by atoms with Gasteiger partial charge in [-0.1, -0.05) is 12.8 Å². The first-order valence-electron chi connectivity index (χ1n) is 8.33. The Labute approximate surface area is 123 Å². The minimum absolute atomic E-state index is 0.354. The first-order chi connectivity index (χ1) is 9.56. The van der Waals surface area contributed by atoms with Crippen molar-refractivity contribution in [3.8, 4) is 0 Å². The van der Waals surface area contributed by atoms with E-state index in [1.807, 2.05) is 0 Å². The molecule has 4 heteroatoms. The van der Waals surface area contributed by atoms with Crippen molar-refractivity contribution in [3.05, 3.63) is 0 Å². The molecule has 2 fully saturated rings. The number of hydrogen-bond acceptors (Lipinski definition) is 3. The van der Waals surface area contributed by atoms with E-state index in [-0.39, 0.29) is 0 Å². The van der Waals surface area contributed by atoms with Crippen LogP contribution < -0.4 is 5.73 Å². The van der Waals surface area contributed by atoms with Crippen molar-refractivity contribution in [3.63, 3.8) is 0 Å². The normalized spacial score (nSPS) is 28.9. The van der Waals surface area contributed by atoms with E-state index in [9.17, 15) is 4.79 Å². The molecular formula is C16H31N3O. The fraction of sp³-hybridized carbons (Fsp3) is 0.938. The van der Waals surface area contributed by atoms with E-state index >= 15 is 0 Å². The summed E-state index contributed by atoms with van der Waals surface area (Å²) >= 11 is 0. The Kier molecular flexibility index (Phi) is 5.85. The predicted molar refractivity (Wildman–Crippen MR) is 82.5 cm³/mol. The zero-order valence-corrected chi connectivity index (χ0v) is 13.2. The van der Waals surface area contributed by atoms with Gasteiger partial charge in [-0.15, -0.1) is 0 Å². The van der Waals surface area contributed by atoms with E-state index in [2.05, 4.69) is 23.6 Å². The number of hydrogen-bond donors (Lipinski definition) is 1. The molecule has 0 radical (unpaired) electrons. The quantitative estimate of drug-likeness (QED) is 0.855. The number of rotatable bonds is 4. The Hall–Kier alpha value is -0.610. The molecule has 1 aliphatic carbocycles. The first kappa shape index (κ1) is 15.8. The maximum Gasteiger partial charge on any atom is 0.222 e. The summed E-state index contributed by atoms with van der Waals surface area (Å²) in [6.45, 7) is 8.31. The Morgan fingerprint density at radius 1 is 1.20 bits per heavy atom. The third kappa shape index (κ3) is 4.45. The minimum atomic E-state index is 0.354. The van der Waals surface area contributed by atoms with Gasteiger partial charge in [0, 0.05) is 44.7 Å². The number of amides is 1. The largest absolute Gasteiger partial charge is 0.340 e. The molecule has 116 valence electrons. The molecule has 1 aliphatic heterocycles. The zero-order valence-electron chi connectivity index (χ0n) is 13.2. The maximum absolute atomic E-state index is 12.3. The van der Waals surface area contributed by atoms with E-state index < -0.39 is 0 Å². The molecule has 2 rings (SSSR count). The van der Waals surface area contributed by atoms with E-state index in [0.717, 1.165) is 45.4 Å². The fourth-order valence-electron chi connectivity index (χ4n) is 3.57. The molecule has 2 aliphatic rings. The van der Waals surface area contributed by atoms with Crippen LogP contribution in [-0.2, 0) is 4.79 Å². The Morgan fingerprint density at radius 3 is 2.50 bits per heavy atom. The van der Waals surface area contributed by atoms with E-state index in [1.54, 1.807) is 0 Å². The van der Waals surface area contributed by atoms with Crippen molar-refractivity contribution < 1.29 is 4.79 Å². The second-order valence-corrected chi connectivity index (χ2v) is 6.84. The molecule has 1 heterocycles. The number of piperazine rings is 1. The minimum Gasteiger partial charge on any atom is -0.340 e. The topological polar surface area (TPSA) is 49.6 Å². The first-order valence-corrected chi connectivity index (χ1v) is 8.33. The maximum atomic E-state index is 12.3. The van der Waals surface area contributed by atoms with Crippen molar-refractivity contribution in [2.75, 3.05) is 26.2 Å². The molecule has 4 nitrogen and oxygen atoms in total. The van der Waals surface area contributed by atoms with E-state index in [1.165, 1.54) is 19.3 Å². The highest BCUT2D eigenvalue weighted by Gasteiger charge is 2.24. The molecule has 1 amide bonds. The highest BCUT2D eigenvalue weighted by Crippen LogP contribution is 2.27. The monoisotopic (exact) mass is 281 g/mol. The van der Waals surface area contributed by atoms with Crippen molar-refractivity contribution in [1.82, 2.24) is 9.80 Å². The lowest BCUT2D eigenvalue weighted by Gasteiger charge is -2.37. The predicted octanol–water partition coefficient (Wildman–Crippen LogP) is 1.84. The number of nitrogens with zero attached hydrogens (tertiary/aromatic N) is 2. The SMILES string of the molecule is CC(C)N1CCN(C(=O)CCC2CCCC(N)C2)CC1.